The lowest BCUT2D eigenvalue weighted by atomic mass is 9.86. The van der Waals surface area contributed by atoms with E-state index in [1.165, 1.54) is 25.7 Å². The van der Waals surface area contributed by atoms with Crippen molar-refractivity contribution in [2.75, 3.05) is 7.11 Å². The maximum Gasteiger partial charge on any atom is 0.124 e. The van der Waals surface area contributed by atoms with Crippen LogP contribution in [-0.4, -0.2) is 18.3 Å². The van der Waals surface area contributed by atoms with E-state index in [0.29, 0.717) is 17.5 Å². The number of nitrogens with one attached hydrogen (secondary N) is 1. The second-order valence-electron chi connectivity index (χ2n) is 5.78. The van der Waals surface area contributed by atoms with Crippen molar-refractivity contribution in [3.63, 3.8) is 0 Å². The van der Waals surface area contributed by atoms with Gasteiger partial charge in [0, 0.05) is 23.7 Å². The second-order valence-corrected chi connectivity index (χ2v) is 5.78. The van der Waals surface area contributed by atoms with Gasteiger partial charge in [0.05, 0.1) is 7.11 Å². The molecule has 0 heterocycles. The lowest BCUT2D eigenvalue weighted by Gasteiger charge is -2.30. The van der Waals surface area contributed by atoms with Crippen molar-refractivity contribution in [2.45, 2.75) is 51.6 Å². The number of phenolic OH excluding ortho intramolecular Hbond substituents is 1. The Labute approximate surface area is 116 Å². The summed E-state index contributed by atoms with van der Waals surface area (Å²) < 4.78 is 5.11. The van der Waals surface area contributed by atoms with E-state index in [1.807, 2.05) is 12.1 Å². The molecule has 0 spiro atoms. The van der Waals surface area contributed by atoms with Gasteiger partial charge in [-0.3, -0.25) is 0 Å². The van der Waals surface area contributed by atoms with Crippen LogP contribution < -0.4 is 10.1 Å². The first kappa shape index (κ1) is 14.2. The Morgan fingerprint density at radius 1 is 1.37 bits per heavy atom. The van der Waals surface area contributed by atoms with Crippen LogP contribution in [0.4, 0.5) is 0 Å². The molecular weight excluding hydrogens is 238 g/mol. The van der Waals surface area contributed by atoms with Crippen LogP contribution in [0, 0.1) is 5.92 Å². The van der Waals surface area contributed by atoms with E-state index in [0.717, 1.165) is 11.5 Å². The Hall–Kier alpha value is -1.22. The highest BCUT2D eigenvalue weighted by molar-refractivity contribution is 5.41. The van der Waals surface area contributed by atoms with Gasteiger partial charge in [0.25, 0.3) is 0 Å². The topological polar surface area (TPSA) is 41.5 Å². The van der Waals surface area contributed by atoms with Gasteiger partial charge in [-0.25, -0.2) is 0 Å². The van der Waals surface area contributed by atoms with E-state index >= 15 is 0 Å². The van der Waals surface area contributed by atoms with E-state index in [2.05, 4.69) is 19.2 Å². The van der Waals surface area contributed by atoms with Gasteiger partial charge >= 0.3 is 0 Å². The third-order valence-corrected chi connectivity index (χ3v) is 4.13. The van der Waals surface area contributed by atoms with Crippen LogP contribution in [0.3, 0.4) is 0 Å². The minimum absolute atomic E-state index is 0.168. The minimum Gasteiger partial charge on any atom is -0.507 e. The fourth-order valence-electron chi connectivity index (χ4n) is 3.05. The first-order chi connectivity index (χ1) is 9.10. The van der Waals surface area contributed by atoms with Crippen molar-refractivity contribution in [3.8, 4) is 11.5 Å². The molecule has 2 rings (SSSR count). The summed E-state index contributed by atoms with van der Waals surface area (Å²) in [4.78, 5) is 0. The molecule has 3 atom stereocenters. The van der Waals surface area contributed by atoms with Gasteiger partial charge in [0.15, 0.2) is 0 Å². The van der Waals surface area contributed by atoms with E-state index in [4.69, 9.17) is 4.74 Å². The summed E-state index contributed by atoms with van der Waals surface area (Å²) >= 11 is 0. The van der Waals surface area contributed by atoms with Gasteiger partial charge in [0.1, 0.15) is 11.5 Å². The number of hydrogen-bond acceptors (Lipinski definition) is 3. The third-order valence-electron chi connectivity index (χ3n) is 4.13. The predicted molar refractivity (Wildman–Crippen MR) is 77.6 cm³/mol. The molecule has 3 unspecified atom stereocenters. The standard InChI is InChI=1S/C16H25NO2/c1-11-5-4-6-13(9-11)17-12(2)15-8-7-14(19-3)10-16(15)18/h7-8,10-13,17-18H,4-6,9H2,1-3H3. The molecule has 0 saturated heterocycles. The average Bonchev–Trinajstić information content (AvgIpc) is 2.38. The van der Waals surface area contributed by atoms with Crippen LogP contribution in [0.25, 0.3) is 0 Å². The minimum atomic E-state index is 0.168. The zero-order valence-corrected chi connectivity index (χ0v) is 12.1. The fourth-order valence-corrected chi connectivity index (χ4v) is 3.05. The summed E-state index contributed by atoms with van der Waals surface area (Å²) in [6.45, 7) is 4.43. The molecule has 1 fully saturated rings. The molecule has 0 aliphatic heterocycles. The molecule has 0 aromatic heterocycles. The fraction of sp³-hybridized carbons (Fsp3) is 0.625. The highest BCUT2D eigenvalue weighted by atomic mass is 16.5. The lowest BCUT2D eigenvalue weighted by molar-refractivity contribution is 0.283. The van der Waals surface area contributed by atoms with Crippen LogP contribution in [0.5, 0.6) is 11.5 Å². The van der Waals surface area contributed by atoms with E-state index in [9.17, 15) is 5.11 Å². The Balaban J connectivity index is 2.01. The van der Waals surface area contributed by atoms with Crippen molar-refractivity contribution in [1.82, 2.24) is 5.32 Å². The number of ether oxygens (including phenoxy) is 1. The van der Waals surface area contributed by atoms with E-state index < -0.39 is 0 Å². The molecule has 3 nitrogen and oxygen atoms in total. The first-order valence-electron chi connectivity index (χ1n) is 7.23. The molecule has 2 N–H and O–H groups in total. The predicted octanol–water partition coefficient (Wildman–Crippen LogP) is 3.63. The van der Waals surface area contributed by atoms with Gasteiger partial charge < -0.3 is 15.2 Å². The van der Waals surface area contributed by atoms with Crippen molar-refractivity contribution in [2.24, 2.45) is 5.92 Å². The molecule has 19 heavy (non-hydrogen) atoms. The Bertz CT molecular complexity index is 419. The number of phenols is 1. The van der Waals surface area contributed by atoms with Crippen molar-refractivity contribution < 1.29 is 9.84 Å². The smallest absolute Gasteiger partial charge is 0.124 e. The molecule has 1 aliphatic carbocycles. The zero-order chi connectivity index (χ0) is 13.8. The average molecular weight is 263 g/mol. The molecular formula is C16H25NO2. The molecule has 0 radical (unpaired) electrons. The number of methoxy groups -OCH3 is 1. The van der Waals surface area contributed by atoms with Gasteiger partial charge in [-0.05, 0) is 31.7 Å². The largest absolute Gasteiger partial charge is 0.507 e. The molecule has 0 amide bonds. The molecule has 1 aromatic rings. The van der Waals surface area contributed by atoms with Crippen LogP contribution in [0.15, 0.2) is 18.2 Å². The van der Waals surface area contributed by atoms with Gasteiger partial charge in [0.2, 0.25) is 0 Å². The van der Waals surface area contributed by atoms with Crippen LogP contribution in [0.2, 0.25) is 0 Å². The number of aromatic hydroxyl groups is 1. The Morgan fingerprint density at radius 2 is 2.16 bits per heavy atom. The molecule has 106 valence electrons. The highest BCUT2D eigenvalue weighted by Crippen LogP contribution is 2.30. The van der Waals surface area contributed by atoms with Crippen LogP contribution in [0.1, 0.15) is 51.1 Å². The quantitative estimate of drug-likeness (QED) is 0.871. The van der Waals surface area contributed by atoms with Crippen molar-refractivity contribution in [1.29, 1.82) is 0 Å². The molecule has 1 aromatic carbocycles. The number of rotatable bonds is 4. The first-order valence-corrected chi connectivity index (χ1v) is 7.23. The van der Waals surface area contributed by atoms with E-state index in [1.54, 1.807) is 13.2 Å². The summed E-state index contributed by atoms with van der Waals surface area (Å²) in [7, 11) is 1.61. The third kappa shape index (κ3) is 3.63. The molecule has 1 saturated carbocycles. The zero-order valence-electron chi connectivity index (χ0n) is 12.1. The van der Waals surface area contributed by atoms with Gasteiger partial charge in [-0.15, -0.1) is 0 Å². The monoisotopic (exact) mass is 263 g/mol. The van der Waals surface area contributed by atoms with E-state index in [-0.39, 0.29) is 6.04 Å². The summed E-state index contributed by atoms with van der Waals surface area (Å²) in [6.07, 6.45) is 5.13. The summed E-state index contributed by atoms with van der Waals surface area (Å²) in [5.74, 6) is 1.81. The normalized spacial score (nSPS) is 25.0. The number of benzene rings is 1. The second kappa shape index (κ2) is 6.29. The highest BCUT2D eigenvalue weighted by Gasteiger charge is 2.21. The van der Waals surface area contributed by atoms with Crippen molar-refractivity contribution >= 4 is 0 Å². The summed E-state index contributed by atoms with van der Waals surface area (Å²) in [5, 5.41) is 13.7. The van der Waals surface area contributed by atoms with Crippen molar-refractivity contribution in [3.05, 3.63) is 23.8 Å². The molecule has 1 aliphatic rings. The van der Waals surface area contributed by atoms with Crippen LogP contribution in [-0.2, 0) is 0 Å². The van der Waals surface area contributed by atoms with Gasteiger partial charge in [-0.2, -0.15) is 0 Å². The lowest BCUT2D eigenvalue weighted by Crippen LogP contribution is -2.35. The summed E-state index contributed by atoms with van der Waals surface area (Å²) in [5.41, 5.74) is 0.944. The number of hydrogen-bond donors (Lipinski definition) is 2. The van der Waals surface area contributed by atoms with Gasteiger partial charge in [-0.1, -0.05) is 25.8 Å². The Kier molecular flexibility index (Phi) is 4.70. The van der Waals surface area contributed by atoms with Crippen LogP contribution >= 0.6 is 0 Å². The maximum absolute atomic E-state index is 10.1. The SMILES string of the molecule is COc1ccc(C(C)NC2CCCC(C)C2)c(O)c1. The molecule has 0 bridgehead atoms. The maximum atomic E-state index is 10.1. The Morgan fingerprint density at radius 3 is 2.79 bits per heavy atom. The molecule has 3 heteroatoms. The summed E-state index contributed by atoms with van der Waals surface area (Å²) in [6, 6.07) is 6.26.